The minimum atomic E-state index is 0.227. The smallest absolute Gasteiger partial charge is 0.173 e. The number of para-hydroxylation sites is 2. The maximum absolute atomic E-state index is 5.35. The van der Waals surface area contributed by atoms with Gasteiger partial charge in [0.25, 0.3) is 0 Å². The molecule has 3 rings (SSSR count). The van der Waals surface area contributed by atoms with Crippen molar-refractivity contribution < 1.29 is 4.74 Å². The molecular weight excluding hydrogens is 230 g/mol. The zero-order chi connectivity index (χ0) is 12.4. The number of hydrogen-bond donors (Lipinski definition) is 1. The molecule has 6 heteroatoms. The van der Waals surface area contributed by atoms with E-state index in [0.717, 1.165) is 36.6 Å². The molecule has 1 unspecified atom stereocenters. The third kappa shape index (κ3) is 1.84. The normalized spacial score (nSPS) is 19.1. The number of tetrazole rings is 1. The third-order valence-corrected chi connectivity index (χ3v) is 3.18. The Kier molecular flexibility index (Phi) is 2.93. The van der Waals surface area contributed by atoms with Crippen molar-refractivity contribution in [3.63, 3.8) is 0 Å². The van der Waals surface area contributed by atoms with Crippen LogP contribution in [0.3, 0.4) is 0 Å². The summed E-state index contributed by atoms with van der Waals surface area (Å²) < 4.78 is 7.10. The van der Waals surface area contributed by atoms with Crippen molar-refractivity contribution in [2.45, 2.75) is 18.9 Å². The maximum Gasteiger partial charge on any atom is 0.173 e. The summed E-state index contributed by atoms with van der Waals surface area (Å²) in [6.07, 6.45) is 2.22. The van der Waals surface area contributed by atoms with Crippen molar-refractivity contribution in [2.24, 2.45) is 0 Å². The predicted octanol–water partition coefficient (Wildman–Crippen LogP) is 1.10. The molecule has 1 fully saturated rings. The quantitative estimate of drug-likeness (QED) is 0.877. The lowest BCUT2D eigenvalue weighted by atomic mass is 10.2. The third-order valence-electron chi connectivity index (χ3n) is 3.18. The monoisotopic (exact) mass is 245 g/mol. The number of nitrogens with zero attached hydrogens (tertiary/aromatic N) is 4. The second kappa shape index (κ2) is 4.73. The average molecular weight is 245 g/mol. The van der Waals surface area contributed by atoms with E-state index in [4.69, 9.17) is 4.74 Å². The van der Waals surface area contributed by atoms with Gasteiger partial charge in [-0.05, 0) is 41.9 Å². The van der Waals surface area contributed by atoms with Crippen LogP contribution in [-0.4, -0.2) is 33.9 Å². The van der Waals surface area contributed by atoms with E-state index in [-0.39, 0.29) is 6.04 Å². The number of benzene rings is 1. The minimum Gasteiger partial charge on any atom is -0.494 e. The van der Waals surface area contributed by atoms with Gasteiger partial charge >= 0.3 is 0 Å². The summed E-state index contributed by atoms with van der Waals surface area (Å²) in [6, 6.07) is 7.96. The Morgan fingerprint density at radius 2 is 2.28 bits per heavy atom. The Morgan fingerprint density at radius 1 is 1.39 bits per heavy atom. The number of methoxy groups -OCH3 is 1. The molecule has 1 saturated heterocycles. The molecule has 0 amide bonds. The molecule has 6 nitrogen and oxygen atoms in total. The standard InChI is InChI=1S/C12H15N5O/c1-18-11-7-3-2-6-10(11)17-12(14-15-16-17)9-5-4-8-13-9/h2-3,6-7,9,13H,4-5,8H2,1H3. The van der Waals surface area contributed by atoms with Crippen LogP contribution in [0.15, 0.2) is 24.3 Å². The molecule has 0 aliphatic carbocycles. The fourth-order valence-electron chi connectivity index (χ4n) is 2.29. The summed E-state index contributed by atoms with van der Waals surface area (Å²) in [6.45, 7) is 1.02. The van der Waals surface area contributed by atoms with E-state index >= 15 is 0 Å². The van der Waals surface area contributed by atoms with Gasteiger partial charge < -0.3 is 10.1 Å². The number of ether oxygens (including phenoxy) is 1. The second-order valence-corrected chi connectivity index (χ2v) is 4.27. The van der Waals surface area contributed by atoms with E-state index in [1.54, 1.807) is 11.8 Å². The molecule has 1 atom stereocenters. The summed E-state index contributed by atoms with van der Waals surface area (Å²) >= 11 is 0. The van der Waals surface area contributed by atoms with Crippen molar-refractivity contribution in [3.05, 3.63) is 30.1 Å². The highest BCUT2D eigenvalue weighted by molar-refractivity contribution is 5.46. The molecule has 1 aromatic carbocycles. The Morgan fingerprint density at radius 3 is 3.06 bits per heavy atom. The molecule has 2 heterocycles. The van der Waals surface area contributed by atoms with Crippen LogP contribution in [0.25, 0.3) is 5.69 Å². The first kappa shape index (κ1) is 11.2. The highest BCUT2D eigenvalue weighted by atomic mass is 16.5. The topological polar surface area (TPSA) is 64.9 Å². The first-order valence-corrected chi connectivity index (χ1v) is 6.05. The molecule has 0 spiro atoms. The molecule has 0 bridgehead atoms. The fourth-order valence-corrected chi connectivity index (χ4v) is 2.29. The molecular formula is C12H15N5O. The van der Waals surface area contributed by atoms with Crippen molar-refractivity contribution in [2.75, 3.05) is 13.7 Å². The van der Waals surface area contributed by atoms with Gasteiger partial charge in [-0.2, -0.15) is 4.68 Å². The average Bonchev–Trinajstić information content (AvgIpc) is 3.09. The van der Waals surface area contributed by atoms with E-state index in [1.165, 1.54) is 0 Å². The second-order valence-electron chi connectivity index (χ2n) is 4.27. The van der Waals surface area contributed by atoms with E-state index in [9.17, 15) is 0 Å². The van der Waals surface area contributed by atoms with E-state index in [2.05, 4.69) is 20.8 Å². The van der Waals surface area contributed by atoms with Crippen LogP contribution in [0.5, 0.6) is 5.75 Å². The van der Waals surface area contributed by atoms with Crippen LogP contribution in [0.4, 0.5) is 0 Å². The van der Waals surface area contributed by atoms with Gasteiger partial charge in [-0.15, -0.1) is 5.10 Å². The lowest BCUT2D eigenvalue weighted by Gasteiger charge is -2.12. The van der Waals surface area contributed by atoms with Gasteiger partial charge in [0.2, 0.25) is 0 Å². The predicted molar refractivity (Wildman–Crippen MR) is 65.7 cm³/mol. The van der Waals surface area contributed by atoms with Crippen LogP contribution in [0.1, 0.15) is 24.7 Å². The Labute approximate surface area is 105 Å². The van der Waals surface area contributed by atoms with Gasteiger partial charge in [-0.1, -0.05) is 12.1 Å². The van der Waals surface area contributed by atoms with Crippen molar-refractivity contribution in [3.8, 4) is 11.4 Å². The first-order valence-electron chi connectivity index (χ1n) is 6.05. The van der Waals surface area contributed by atoms with Gasteiger partial charge in [-0.25, -0.2) is 0 Å². The van der Waals surface area contributed by atoms with Crippen molar-refractivity contribution in [1.29, 1.82) is 0 Å². The van der Waals surface area contributed by atoms with Crippen LogP contribution < -0.4 is 10.1 Å². The molecule has 2 aromatic rings. The summed E-state index contributed by atoms with van der Waals surface area (Å²) in [5, 5.41) is 15.4. The first-order chi connectivity index (χ1) is 8.90. The van der Waals surface area contributed by atoms with Crippen LogP contribution >= 0.6 is 0 Å². The van der Waals surface area contributed by atoms with Crippen LogP contribution in [0, 0.1) is 0 Å². The number of aromatic nitrogens is 4. The molecule has 94 valence electrons. The molecule has 1 aromatic heterocycles. The largest absolute Gasteiger partial charge is 0.494 e. The summed E-state index contributed by atoms with van der Waals surface area (Å²) in [5.41, 5.74) is 0.869. The molecule has 0 radical (unpaired) electrons. The van der Waals surface area contributed by atoms with Crippen LogP contribution in [-0.2, 0) is 0 Å². The van der Waals surface area contributed by atoms with Gasteiger partial charge in [0.05, 0.1) is 13.2 Å². The van der Waals surface area contributed by atoms with E-state index < -0.39 is 0 Å². The molecule has 1 aliphatic rings. The van der Waals surface area contributed by atoms with E-state index in [0.29, 0.717) is 0 Å². The zero-order valence-electron chi connectivity index (χ0n) is 10.2. The van der Waals surface area contributed by atoms with Gasteiger partial charge in [0.15, 0.2) is 5.82 Å². The Hall–Kier alpha value is -1.95. The van der Waals surface area contributed by atoms with Gasteiger partial charge in [-0.3, -0.25) is 0 Å². The van der Waals surface area contributed by atoms with E-state index in [1.807, 2.05) is 24.3 Å². The lowest BCUT2D eigenvalue weighted by Crippen LogP contribution is -2.18. The SMILES string of the molecule is COc1ccccc1-n1nnnc1C1CCCN1. The van der Waals surface area contributed by atoms with Crippen LogP contribution in [0.2, 0.25) is 0 Å². The fraction of sp³-hybridized carbons (Fsp3) is 0.417. The highest BCUT2D eigenvalue weighted by Gasteiger charge is 2.24. The number of rotatable bonds is 3. The van der Waals surface area contributed by atoms with Gasteiger partial charge in [0, 0.05) is 0 Å². The maximum atomic E-state index is 5.35. The van der Waals surface area contributed by atoms with Crippen molar-refractivity contribution >= 4 is 0 Å². The molecule has 1 N–H and O–H groups in total. The molecule has 0 saturated carbocycles. The number of hydrogen-bond acceptors (Lipinski definition) is 5. The number of nitrogens with one attached hydrogen (secondary N) is 1. The van der Waals surface area contributed by atoms with Gasteiger partial charge in [0.1, 0.15) is 11.4 Å². The minimum absolute atomic E-state index is 0.227. The Balaban J connectivity index is 2.03. The molecule has 18 heavy (non-hydrogen) atoms. The highest BCUT2D eigenvalue weighted by Crippen LogP contribution is 2.26. The zero-order valence-corrected chi connectivity index (χ0v) is 10.2. The van der Waals surface area contributed by atoms with Crippen molar-refractivity contribution in [1.82, 2.24) is 25.5 Å². The summed E-state index contributed by atoms with van der Waals surface area (Å²) in [5.74, 6) is 1.61. The summed E-state index contributed by atoms with van der Waals surface area (Å²) in [7, 11) is 1.65. The lowest BCUT2D eigenvalue weighted by molar-refractivity contribution is 0.410. The molecule has 1 aliphatic heterocycles. The Bertz CT molecular complexity index is 533. The summed E-state index contributed by atoms with van der Waals surface area (Å²) in [4.78, 5) is 0.